The van der Waals surface area contributed by atoms with E-state index in [2.05, 4.69) is 195 Å². The van der Waals surface area contributed by atoms with Gasteiger partial charge in [0, 0.05) is 13.8 Å². The first-order chi connectivity index (χ1) is 28.6. The summed E-state index contributed by atoms with van der Waals surface area (Å²) in [7, 11) is 2.81. The van der Waals surface area contributed by atoms with Crippen LogP contribution in [0.2, 0.25) is 0 Å². The molecule has 2 nitrogen and oxygen atoms in total. The molecule has 0 atom stereocenters. The average Bonchev–Trinajstić information content (AvgIpc) is 3.26. The summed E-state index contributed by atoms with van der Waals surface area (Å²) >= 11 is 0. The third-order valence-electron chi connectivity index (χ3n) is 11.3. The van der Waals surface area contributed by atoms with Gasteiger partial charge in [0.25, 0.3) is 0 Å². The molecule has 0 N–H and O–H groups in total. The summed E-state index contributed by atoms with van der Waals surface area (Å²) in [5.41, 5.74) is 11.1. The van der Waals surface area contributed by atoms with Gasteiger partial charge in [-0.15, -0.1) is 0 Å². The highest BCUT2D eigenvalue weighted by atomic mass is 79.9. The third kappa shape index (κ3) is 15.4. The fourth-order valence-electron chi connectivity index (χ4n) is 8.36. The Morgan fingerprint density at radius 3 is 1.29 bits per heavy atom. The van der Waals surface area contributed by atoms with Crippen LogP contribution in [-0.4, -0.2) is 38.3 Å². The van der Waals surface area contributed by atoms with Crippen LogP contribution in [0.3, 0.4) is 0 Å². The second-order valence-electron chi connectivity index (χ2n) is 16.3. The van der Waals surface area contributed by atoms with Gasteiger partial charge in [0.15, 0.2) is 0 Å². The van der Waals surface area contributed by atoms with Crippen molar-refractivity contribution in [1.29, 1.82) is 0 Å². The molecule has 0 fully saturated rings. The van der Waals surface area contributed by atoms with Crippen molar-refractivity contribution in [2.75, 3.05) is 33.4 Å². The van der Waals surface area contributed by atoms with E-state index >= 15 is 0 Å². The molecule has 0 unspecified atom stereocenters. The van der Waals surface area contributed by atoms with Gasteiger partial charge < -0.3 is 26.6 Å². The molecule has 0 aliphatic carbocycles. The minimum absolute atomic E-state index is 0. The zero-order chi connectivity index (χ0) is 40.1. The highest BCUT2D eigenvalue weighted by Gasteiger charge is 2.37. The Balaban J connectivity index is 0.00000661. The number of likely N-dealkylation sites (N-methyl/N-ethyl adjacent to an activating group) is 1. The summed E-state index contributed by atoms with van der Waals surface area (Å²) in [6, 6.07) is 64.7. The second kappa shape index (κ2) is 25.4. The van der Waals surface area contributed by atoms with Crippen LogP contribution in [0.1, 0.15) is 91.2 Å². The second-order valence-corrected chi connectivity index (χ2v) is 20.4. The lowest BCUT2D eigenvalue weighted by Crippen LogP contribution is -3.00. The molecular formula is C55H65BrNOP. The summed E-state index contributed by atoms with van der Waals surface area (Å²) in [4.78, 5) is 2.15. The van der Waals surface area contributed by atoms with E-state index in [4.69, 9.17) is 4.74 Å². The van der Waals surface area contributed by atoms with Crippen molar-refractivity contribution in [3.63, 3.8) is 0 Å². The van der Waals surface area contributed by atoms with Gasteiger partial charge in [-0.3, -0.25) is 0 Å². The molecule has 6 aromatic rings. The highest BCUT2D eigenvalue weighted by Crippen LogP contribution is 2.67. The largest absolute Gasteiger partial charge is 1.00 e. The van der Waals surface area contributed by atoms with Crippen LogP contribution in [0, 0.1) is 0 Å². The first-order valence-electron chi connectivity index (χ1n) is 21.8. The molecule has 0 saturated heterocycles. The summed E-state index contributed by atoms with van der Waals surface area (Å²) in [5, 5.41) is 0. The SMILES string of the molecule is CN(C)CCOc1ccc(/C(=C(/CCCCCCCCCC[P+](Cc2ccccc2)(Cc2ccccc2)Cc2ccccc2)c2ccccc2)c2ccccc2)cc1.[Br-]. The standard InChI is InChI=1S/C55H65NOP.BrH/c1-56(2)41-42-57-53-39-37-52(38-40-53)55(51-34-22-13-23-35-51)54(50-32-20-12-21-33-50)36-24-7-5-3-4-6-8-25-43-58(44-47-26-14-9-15-27-47,45-48-28-16-10-17-29-48)46-49-30-18-11-19-31-49;/h9-23,26-35,37-40H,3-8,24-25,36,41-46H2,1-2H3;1H/q+1;/p-1/b55-54-;. The first-order valence-corrected chi connectivity index (χ1v) is 24.3. The molecule has 4 heteroatoms. The van der Waals surface area contributed by atoms with Crippen LogP contribution in [0.4, 0.5) is 0 Å². The smallest absolute Gasteiger partial charge is 0.119 e. The fraction of sp³-hybridized carbons (Fsp3) is 0.309. The monoisotopic (exact) mass is 865 g/mol. The maximum absolute atomic E-state index is 6.06. The Morgan fingerprint density at radius 1 is 0.441 bits per heavy atom. The van der Waals surface area contributed by atoms with E-state index in [-0.39, 0.29) is 17.0 Å². The number of hydrogen-bond donors (Lipinski definition) is 0. The number of unbranched alkanes of at least 4 members (excludes halogenated alkanes) is 7. The highest BCUT2D eigenvalue weighted by molar-refractivity contribution is 7.73. The number of ether oxygens (including phenoxy) is 1. The molecule has 6 aromatic carbocycles. The molecule has 0 spiro atoms. The van der Waals surface area contributed by atoms with Crippen molar-refractivity contribution < 1.29 is 21.7 Å². The normalized spacial score (nSPS) is 11.8. The van der Waals surface area contributed by atoms with Crippen LogP contribution in [0.15, 0.2) is 176 Å². The fourth-order valence-corrected chi connectivity index (χ4v) is 13.0. The van der Waals surface area contributed by atoms with E-state index in [1.165, 1.54) is 121 Å². The summed E-state index contributed by atoms with van der Waals surface area (Å²) in [6.45, 7) is 1.58. The summed E-state index contributed by atoms with van der Waals surface area (Å²) in [6.07, 6.45) is 16.5. The first kappa shape index (κ1) is 45.8. The third-order valence-corrected chi connectivity index (χ3v) is 15.7. The number of nitrogens with zero attached hydrogens (tertiary/aromatic N) is 1. The van der Waals surface area contributed by atoms with E-state index in [9.17, 15) is 0 Å². The van der Waals surface area contributed by atoms with E-state index in [1.54, 1.807) is 0 Å². The number of rotatable bonds is 24. The predicted molar refractivity (Wildman–Crippen MR) is 253 cm³/mol. The average molecular weight is 867 g/mol. The Kier molecular flexibility index (Phi) is 19.7. The van der Waals surface area contributed by atoms with E-state index < -0.39 is 7.26 Å². The van der Waals surface area contributed by atoms with Crippen molar-refractivity contribution in [2.24, 2.45) is 0 Å². The predicted octanol–water partition coefficient (Wildman–Crippen LogP) is 11.7. The molecule has 308 valence electrons. The van der Waals surface area contributed by atoms with E-state index in [0.29, 0.717) is 6.61 Å². The minimum Gasteiger partial charge on any atom is -1.00 e. The van der Waals surface area contributed by atoms with Crippen molar-refractivity contribution in [3.8, 4) is 5.75 Å². The molecular weight excluding hydrogens is 801 g/mol. The van der Waals surface area contributed by atoms with Gasteiger partial charge >= 0.3 is 0 Å². The Hall–Kier alpha value is -4.27. The number of halogens is 1. The number of hydrogen-bond acceptors (Lipinski definition) is 2. The summed E-state index contributed by atoms with van der Waals surface area (Å²) in [5.74, 6) is 0.923. The maximum atomic E-state index is 6.06. The van der Waals surface area contributed by atoms with Crippen molar-refractivity contribution >= 4 is 18.4 Å². The number of allylic oxidation sites excluding steroid dienone is 1. The summed E-state index contributed by atoms with van der Waals surface area (Å²) < 4.78 is 6.06. The maximum Gasteiger partial charge on any atom is 0.119 e. The topological polar surface area (TPSA) is 12.5 Å². The zero-order valence-electron chi connectivity index (χ0n) is 35.5. The van der Waals surface area contributed by atoms with Gasteiger partial charge in [-0.1, -0.05) is 196 Å². The minimum atomic E-state index is -1.34. The lowest BCUT2D eigenvalue weighted by molar-refractivity contribution is -0.0000124. The molecule has 6 rings (SSSR count). The zero-order valence-corrected chi connectivity index (χ0v) is 38.0. The molecule has 0 amide bonds. The van der Waals surface area contributed by atoms with Crippen LogP contribution >= 0.6 is 7.26 Å². The molecule has 0 saturated carbocycles. The van der Waals surface area contributed by atoms with E-state index in [0.717, 1.165) is 18.7 Å². The molecule has 0 heterocycles. The van der Waals surface area contributed by atoms with Gasteiger partial charge in [-0.2, -0.15) is 0 Å². The van der Waals surface area contributed by atoms with Crippen molar-refractivity contribution in [3.05, 3.63) is 209 Å². The molecule has 0 bridgehead atoms. The molecule has 59 heavy (non-hydrogen) atoms. The van der Waals surface area contributed by atoms with Crippen molar-refractivity contribution in [1.82, 2.24) is 4.90 Å². The van der Waals surface area contributed by atoms with Crippen LogP contribution in [0.5, 0.6) is 5.75 Å². The Morgan fingerprint density at radius 2 is 0.831 bits per heavy atom. The van der Waals surface area contributed by atoms with E-state index in [1.807, 2.05) is 0 Å². The van der Waals surface area contributed by atoms with Gasteiger partial charge in [0.2, 0.25) is 0 Å². The Bertz CT molecular complexity index is 1930. The number of benzene rings is 6. The lowest BCUT2D eigenvalue weighted by atomic mass is 9.86. The van der Waals surface area contributed by atoms with Crippen molar-refractivity contribution in [2.45, 2.75) is 76.3 Å². The van der Waals surface area contributed by atoms with Gasteiger partial charge in [-0.05, 0) is 96.4 Å². The molecule has 0 aliphatic heterocycles. The van der Waals surface area contributed by atoms with Crippen LogP contribution < -0.4 is 21.7 Å². The molecule has 0 aliphatic rings. The van der Waals surface area contributed by atoms with Gasteiger partial charge in [0.1, 0.15) is 12.4 Å². The van der Waals surface area contributed by atoms with Crippen LogP contribution in [0.25, 0.3) is 11.1 Å². The van der Waals surface area contributed by atoms with Gasteiger partial charge in [-0.25, -0.2) is 0 Å². The quantitative estimate of drug-likeness (QED) is 0.0341. The van der Waals surface area contributed by atoms with Gasteiger partial charge in [0.05, 0.1) is 24.6 Å². The Labute approximate surface area is 367 Å². The van der Waals surface area contributed by atoms with Crippen LogP contribution in [-0.2, 0) is 18.5 Å². The molecule has 0 aromatic heterocycles. The molecule has 0 radical (unpaired) electrons. The lowest BCUT2D eigenvalue weighted by Gasteiger charge is -2.29.